The van der Waals surface area contributed by atoms with Gasteiger partial charge in [0.15, 0.2) is 0 Å². The summed E-state index contributed by atoms with van der Waals surface area (Å²) in [4.78, 5) is 12.2. The molecule has 1 aromatic carbocycles. The molecular weight excluding hydrogens is 340 g/mol. The van der Waals surface area contributed by atoms with Crippen molar-refractivity contribution in [1.82, 2.24) is 30.7 Å². The Bertz CT molecular complexity index is 958. The van der Waals surface area contributed by atoms with E-state index in [1.165, 1.54) is 4.68 Å². The fourth-order valence-corrected chi connectivity index (χ4v) is 2.20. The molecule has 3 aromatic rings. The number of nitrogens with zero attached hydrogens (tertiary/aromatic N) is 6. The summed E-state index contributed by atoms with van der Waals surface area (Å²) in [6, 6.07) is 6.66. The molecule has 0 aliphatic heterocycles. The van der Waals surface area contributed by atoms with Crippen LogP contribution in [-0.4, -0.2) is 44.0 Å². The highest BCUT2D eigenvalue weighted by Gasteiger charge is 2.18. The van der Waals surface area contributed by atoms with Crippen molar-refractivity contribution in [2.45, 2.75) is 13.8 Å². The molecule has 0 saturated heterocycles. The second-order valence-corrected chi connectivity index (χ2v) is 5.27. The number of carbonyl (C=O) groups excluding carboxylic acids is 1. The van der Waals surface area contributed by atoms with E-state index in [1.54, 1.807) is 45.2 Å². The van der Waals surface area contributed by atoms with Gasteiger partial charge in [-0.3, -0.25) is 4.79 Å². The zero-order chi connectivity index (χ0) is 18.7. The number of carbonyl (C=O) groups is 1. The molecule has 0 fully saturated rings. The number of methoxy groups -OCH3 is 1. The van der Waals surface area contributed by atoms with Crippen LogP contribution in [0.2, 0.25) is 0 Å². The molecule has 11 heteroatoms. The quantitative estimate of drug-likeness (QED) is 0.502. The van der Waals surface area contributed by atoms with E-state index in [4.69, 9.17) is 10.5 Å². The fourth-order valence-electron chi connectivity index (χ4n) is 2.20. The van der Waals surface area contributed by atoms with Crippen LogP contribution in [-0.2, 0) is 0 Å². The van der Waals surface area contributed by atoms with Crippen LogP contribution in [0.3, 0.4) is 0 Å². The predicted molar refractivity (Wildman–Crippen MR) is 91.0 cm³/mol. The maximum absolute atomic E-state index is 12.2. The summed E-state index contributed by atoms with van der Waals surface area (Å²) in [6.45, 7) is 3.45. The molecule has 0 saturated carbocycles. The number of hydrogen-bond donors (Lipinski definition) is 2. The molecule has 0 atom stereocenters. The number of hydrogen-bond acceptors (Lipinski definition) is 9. The third-order valence-corrected chi connectivity index (χ3v) is 3.61. The van der Waals surface area contributed by atoms with E-state index in [1.807, 2.05) is 0 Å². The third-order valence-electron chi connectivity index (χ3n) is 3.61. The first-order valence-electron chi connectivity index (χ1n) is 7.51. The average molecular weight is 356 g/mol. The Labute approximate surface area is 147 Å². The largest absolute Gasteiger partial charge is 0.497 e. The van der Waals surface area contributed by atoms with Crippen LogP contribution in [0.25, 0.3) is 5.82 Å². The average Bonchev–Trinajstić information content (AvgIpc) is 3.24. The highest BCUT2D eigenvalue weighted by molar-refractivity contribution is 6.00. The molecule has 2 aromatic heterocycles. The summed E-state index contributed by atoms with van der Waals surface area (Å²) in [7, 11) is 1.56. The van der Waals surface area contributed by atoms with E-state index in [0.29, 0.717) is 28.4 Å². The fraction of sp³-hybridized carbons (Fsp3) is 0.200. The van der Waals surface area contributed by atoms with Crippen molar-refractivity contribution in [3.05, 3.63) is 41.2 Å². The molecular formula is C15H16N8O3. The van der Waals surface area contributed by atoms with Crippen LogP contribution in [0.4, 0.5) is 5.82 Å². The van der Waals surface area contributed by atoms with Gasteiger partial charge in [0.2, 0.25) is 11.6 Å². The molecule has 3 rings (SSSR count). The Balaban J connectivity index is 1.76. The van der Waals surface area contributed by atoms with Crippen molar-refractivity contribution in [2.75, 3.05) is 12.8 Å². The molecule has 2 heterocycles. The Morgan fingerprint density at radius 1 is 1.31 bits per heavy atom. The SMILES string of the molecule is COc1ccc(C(=O)N/N=C(\C)c2nnn(-c3nonc3N)c2C)cc1. The lowest BCUT2D eigenvalue weighted by atomic mass is 10.2. The number of amides is 1. The standard InChI is InChI=1S/C15H16N8O3/c1-8(17-19-15(24)10-4-6-11(25-3)7-5-10)12-9(2)23(22-18-12)14-13(16)20-26-21-14/h4-7H,1-3H3,(H2,16,20)(H,19,24)/b17-8+. The monoisotopic (exact) mass is 356 g/mol. The lowest BCUT2D eigenvalue weighted by Gasteiger charge is -2.03. The smallest absolute Gasteiger partial charge is 0.271 e. The molecule has 3 N–H and O–H groups in total. The second-order valence-electron chi connectivity index (χ2n) is 5.27. The minimum atomic E-state index is -0.359. The summed E-state index contributed by atoms with van der Waals surface area (Å²) in [5.41, 5.74) is 10.1. The lowest BCUT2D eigenvalue weighted by Crippen LogP contribution is -2.19. The number of nitrogens with one attached hydrogen (secondary N) is 1. The molecule has 134 valence electrons. The van der Waals surface area contributed by atoms with Gasteiger partial charge in [0.05, 0.1) is 18.5 Å². The zero-order valence-electron chi connectivity index (χ0n) is 14.3. The summed E-state index contributed by atoms with van der Waals surface area (Å²) in [6.07, 6.45) is 0. The van der Waals surface area contributed by atoms with Crippen LogP contribution in [0.5, 0.6) is 5.75 Å². The first kappa shape index (κ1) is 17.1. The molecule has 0 bridgehead atoms. The van der Waals surface area contributed by atoms with Gasteiger partial charge in [0, 0.05) is 5.56 Å². The zero-order valence-corrected chi connectivity index (χ0v) is 14.3. The van der Waals surface area contributed by atoms with Crippen molar-refractivity contribution in [3.63, 3.8) is 0 Å². The number of benzene rings is 1. The summed E-state index contributed by atoms with van der Waals surface area (Å²) in [5.74, 6) is 0.625. The van der Waals surface area contributed by atoms with Gasteiger partial charge in [0.1, 0.15) is 11.4 Å². The van der Waals surface area contributed by atoms with Crippen molar-refractivity contribution < 1.29 is 14.2 Å². The van der Waals surface area contributed by atoms with Crippen LogP contribution in [0, 0.1) is 6.92 Å². The molecule has 11 nitrogen and oxygen atoms in total. The number of rotatable bonds is 5. The predicted octanol–water partition coefficient (Wildman–Crippen LogP) is 0.704. The number of ether oxygens (including phenoxy) is 1. The van der Waals surface area contributed by atoms with E-state index >= 15 is 0 Å². The van der Waals surface area contributed by atoms with E-state index in [-0.39, 0.29) is 17.5 Å². The Kier molecular flexibility index (Phi) is 4.60. The molecule has 0 unspecified atom stereocenters. The summed E-state index contributed by atoms with van der Waals surface area (Å²) in [5, 5.41) is 19.2. The Morgan fingerprint density at radius 3 is 2.65 bits per heavy atom. The van der Waals surface area contributed by atoms with Gasteiger partial charge in [-0.1, -0.05) is 5.21 Å². The third kappa shape index (κ3) is 3.22. The van der Waals surface area contributed by atoms with E-state index in [2.05, 4.69) is 35.8 Å². The minimum Gasteiger partial charge on any atom is -0.497 e. The van der Waals surface area contributed by atoms with Gasteiger partial charge in [0.25, 0.3) is 5.91 Å². The van der Waals surface area contributed by atoms with Gasteiger partial charge in [-0.15, -0.1) is 5.10 Å². The molecule has 0 spiro atoms. The van der Waals surface area contributed by atoms with E-state index in [0.717, 1.165) is 0 Å². The Morgan fingerprint density at radius 2 is 2.04 bits per heavy atom. The van der Waals surface area contributed by atoms with Crippen molar-refractivity contribution in [1.29, 1.82) is 0 Å². The van der Waals surface area contributed by atoms with Crippen molar-refractivity contribution >= 4 is 17.4 Å². The van der Waals surface area contributed by atoms with Crippen LogP contribution in [0.15, 0.2) is 34.0 Å². The lowest BCUT2D eigenvalue weighted by molar-refractivity contribution is 0.0955. The number of nitrogens with two attached hydrogens (primary N) is 1. The number of anilines is 1. The van der Waals surface area contributed by atoms with Crippen LogP contribution in [0.1, 0.15) is 28.7 Å². The van der Waals surface area contributed by atoms with Gasteiger partial charge >= 0.3 is 0 Å². The van der Waals surface area contributed by atoms with Crippen LogP contribution >= 0.6 is 0 Å². The highest BCUT2D eigenvalue weighted by Crippen LogP contribution is 2.15. The van der Waals surface area contributed by atoms with Crippen molar-refractivity contribution in [2.24, 2.45) is 5.10 Å². The molecule has 1 amide bonds. The first-order chi connectivity index (χ1) is 12.5. The second kappa shape index (κ2) is 7.01. The highest BCUT2D eigenvalue weighted by atomic mass is 16.6. The van der Waals surface area contributed by atoms with E-state index in [9.17, 15) is 4.79 Å². The first-order valence-corrected chi connectivity index (χ1v) is 7.51. The molecule has 0 aliphatic rings. The minimum absolute atomic E-state index is 0.0898. The topological polar surface area (TPSA) is 146 Å². The van der Waals surface area contributed by atoms with Gasteiger partial charge in [-0.2, -0.15) is 9.78 Å². The maximum atomic E-state index is 12.2. The van der Waals surface area contributed by atoms with Crippen molar-refractivity contribution in [3.8, 4) is 11.6 Å². The number of aromatic nitrogens is 5. The van der Waals surface area contributed by atoms with Crippen LogP contribution < -0.4 is 15.9 Å². The summed E-state index contributed by atoms with van der Waals surface area (Å²) >= 11 is 0. The van der Waals surface area contributed by atoms with Gasteiger partial charge in [-0.05, 0) is 48.4 Å². The number of hydrazone groups is 1. The molecule has 0 radical (unpaired) electrons. The van der Waals surface area contributed by atoms with Gasteiger partial charge in [-0.25, -0.2) is 10.1 Å². The molecule has 26 heavy (non-hydrogen) atoms. The van der Waals surface area contributed by atoms with E-state index < -0.39 is 0 Å². The molecule has 0 aliphatic carbocycles. The Hall–Kier alpha value is -3.76. The van der Waals surface area contributed by atoms with Gasteiger partial charge < -0.3 is 10.5 Å². The normalized spacial score (nSPS) is 11.4. The maximum Gasteiger partial charge on any atom is 0.271 e. The summed E-state index contributed by atoms with van der Waals surface area (Å²) < 4.78 is 11.0. The number of nitrogen functional groups attached to an aromatic ring is 1.